The molecule has 2 N–H and O–H groups in total. The fourth-order valence-corrected chi connectivity index (χ4v) is 4.41. The van der Waals surface area contributed by atoms with E-state index < -0.39 is 40.6 Å². The van der Waals surface area contributed by atoms with Gasteiger partial charge in [-0.2, -0.15) is 0 Å². The normalized spacial score (nSPS) is 14.4. The molecule has 1 heterocycles. The summed E-state index contributed by atoms with van der Waals surface area (Å²) in [6.45, 7) is 6.37. The molecule has 0 saturated heterocycles. The highest BCUT2D eigenvalue weighted by atomic mass is 35.5. The molecule has 0 fully saturated rings. The summed E-state index contributed by atoms with van der Waals surface area (Å²) >= 11 is 12.0. The van der Waals surface area contributed by atoms with Crippen LogP contribution in [0.5, 0.6) is 5.75 Å². The second-order valence-corrected chi connectivity index (χ2v) is 8.78. The van der Waals surface area contributed by atoms with Gasteiger partial charge in [-0.25, -0.2) is 8.78 Å². The lowest BCUT2D eigenvalue weighted by atomic mass is 9.70. The monoisotopic (exact) mass is 483 g/mol. The molecule has 0 bridgehead atoms. The van der Waals surface area contributed by atoms with E-state index in [1.54, 1.807) is 13.8 Å². The molecular weight excluding hydrogens is 463 g/mol. The summed E-state index contributed by atoms with van der Waals surface area (Å²) in [7, 11) is 0. The number of carboxylic acids is 1. The SMILES string of the molecule is CCC(C)[C@@](C)(C(=O)O)c1c(C)n(C(=O)c2ccc(Cl)c(Cl)c2)c2cc(F)c(O)c(F)c12. The van der Waals surface area contributed by atoms with Gasteiger partial charge in [0.1, 0.15) is 0 Å². The number of carbonyl (C=O) groups excluding carboxylic acids is 1. The molecule has 0 radical (unpaired) electrons. The first-order chi connectivity index (χ1) is 14.9. The molecule has 1 aromatic heterocycles. The van der Waals surface area contributed by atoms with E-state index in [1.165, 1.54) is 32.0 Å². The number of nitrogens with zero attached hydrogens (tertiary/aromatic N) is 1. The van der Waals surface area contributed by atoms with E-state index in [0.29, 0.717) is 6.42 Å². The Kier molecular flexibility index (Phi) is 6.28. The highest BCUT2D eigenvalue weighted by molar-refractivity contribution is 6.42. The number of fused-ring (bicyclic) bond motifs is 1. The number of hydrogen-bond acceptors (Lipinski definition) is 3. The van der Waals surface area contributed by atoms with Gasteiger partial charge in [-0.3, -0.25) is 14.2 Å². The van der Waals surface area contributed by atoms with Crippen LogP contribution in [0.25, 0.3) is 10.9 Å². The van der Waals surface area contributed by atoms with E-state index in [-0.39, 0.29) is 37.8 Å². The average molecular weight is 484 g/mol. The van der Waals surface area contributed by atoms with Crippen molar-refractivity contribution in [2.24, 2.45) is 5.92 Å². The molecule has 9 heteroatoms. The zero-order chi connectivity index (χ0) is 24.1. The first kappa shape index (κ1) is 24.0. The zero-order valence-corrected chi connectivity index (χ0v) is 19.3. The third-order valence-electron chi connectivity index (χ3n) is 6.29. The van der Waals surface area contributed by atoms with Crippen molar-refractivity contribution >= 4 is 46.0 Å². The first-order valence-corrected chi connectivity index (χ1v) is 10.6. The minimum atomic E-state index is -1.63. The summed E-state index contributed by atoms with van der Waals surface area (Å²) in [5.74, 6) is -6.24. The van der Waals surface area contributed by atoms with Crippen molar-refractivity contribution in [1.29, 1.82) is 0 Å². The number of halogens is 4. The lowest BCUT2D eigenvalue weighted by Crippen LogP contribution is -2.39. The van der Waals surface area contributed by atoms with E-state index in [1.807, 2.05) is 0 Å². The van der Waals surface area contributed by atoms with Crippen LogP contribution in [0.3, 0.4) is 0 Å². The lowest BCUT2D eigenvalue weighted by Gasteiger charge is -2.32. The molecule has 0 amide bonds. The van der Waals surface area contributed by atoms with E-state index in [0.717, 1.165) is 10.6 Å². The summed E-state index contributed by atoms with van der Waals surface area (Å²) in [6.07, 6.45) is 0.435. The minimum Gasteiger partial charge on any atom is -0.503 e. The Balaban J connectivity index is 2.49. The Morgan fingerprint density at radius 3 is 2.34 bits per heavy atom. The van der Waals surface area contributed by atoms with E-state index in [4.69, 9.17) is 23.2 Å². The maximum absolute atomic E-state index is 15.2. The number of carbonyl (C=O) groups is 2. The molecule has 3 rings (SSSR count). The Hall–Kier alpha value is -2.64. The molecule has 3 aromatic rings. The Morgan fingerprint density at radius 1 is 1.19 bits per heavy atom. The smallest absolute Gasteiger partial charge is 0.314 e. The van der Waals surface area contributed by atoms with Crippen LogP contribution in [0.15, 0.2) is 24.3 Å². The van der Waals surface area contributed by atoms with Crippen molar-refractivity contribution in [2.75, 3.05) is 0 Å². The number of aliphatic carboxylic acids is 1. The van der Waals surface area contributed by atoms with Gasteiger partial charge in [0.25, 0.3) is 5.91 Å². The zero-order valence-electron chi connectivity index (χ0n) is 17.8. The highest BCUT2D eigenvalue weighted by Crippen LogP contribution is 2.45. The predicted molar refractivity (Wildman–Crippen MR) is 119 cm³/mol. The molecule has 0 aliphatic heterocycles. The van der Waals surface area contributed by atoms with Crippen molar-refractivity contribution in [3.63, 3.8) is 0 Å². The van der Waals surface area contributed by atoms with Crippen LogP contribution in [0, 0.1) is 24.5 Å². The Labute approximate surface area is 193 Å². The number of benzene rings is 2. The molecule has 170 valence electrons. The molecule has 0 aliphatic rings. The van der Waals surface area contributed by atoms with Gasteiger partial charge in [0.2, 0.25) is 0 Å². The number of carboxylic acid groups (broad SMARTS) is 1. The van der Waals surface area contributed by atoms with Crippen LogP contribution in [-0.4, -0.2) is 26.7 Å². The van der Waals surface area contributed by atoms with Gasteiger partial charge >= 0.3 is 5.97 Å². The third-order valence-corrected chi connectivity index (χ3v) is 7.03. The molecular formula is C23H21Cl2F2NO4. The first-order valence-electron chi connectivity index (χ1n) is 9.83. The second-order valence-electron chi connectivity index (χ2n) is 7.96. The van der Waals surface area contributed by atoms with Crippen molar-refractivity contribution in [3.05, 3.63) is 62.8 Å². The standard InChI is InChI=1S/C23H21Cl2F2NO4/c1-5-10(2)23(4,22(31)32)18-11(3)28(16-9-15(26)20(29)19(27)17(16)18)21(30)12-6-7-13(24)14(25)8-12/h6-10,29H,5H2,1-4H3,(H,31,32)/t10?,23-/m1/s1. The second kappa shape index (κ2) is 8.37. The summed E-state index contributed by atoms with van der Waals surface area (Å²) in [4.78, 5) is 25.8. The average Bonchev–Trinajstić information content (AvgIpc) is 3.04. The van der Waals surface area contributed by atoms with E-state index in [9.17, 15) is 24.2 Å². The fourth-order valence-electron chi connectivity index (χ4n) is 4.11. The Bertz CT molecular complexity index is 1270. The van der Waals surface area contributed by atoms with Crippen LogP contribution in [0.2, 0.25) is 10.0 Å². The summed E-state index contributed by atoms with van der Waals surface area (Å²) in [5, 5.41) is 20.1. The van der Waals surface area contributed by atoms with Gasteiger partial charge in [-0.05, 0) is 38.0 Å². The molecule has 2 aromatic carbocycles. The Morgan fingerprint density at radius 2 is 1.81 bits per heavy atom. The van der Waals surface area contributed by atoms with Gasteiger partial charge < -0.3 is 10.2 Å². The molecule has 0 spiro atoms. The molecule has 2 atom stereocenters. The van der Waals surface area contributed by atoms with Gasteiger partial charge in [0.05, 0.1) is 21.0 Å². The molecule has 0 saturated carbocycles. The predicted octanol–water partition coefficient (Wildman–Crippen LogP) is 6.32. The fraction of sp³-hybridized carbons (Fsp3) is 0.304. The number of aromatic nitrogens is 1. The summed E-state index contributed by atoms with van der Waals surface area (Å²) < 4.78 is 30.6. The van der Waals surface area contributed by atoms with Crippen molar-refractivity contribution in [1.82, 2.24) is 4.57 Å². The number of phenols is 1. The van der Waals surface area contributed by atoms with E-state index in [2.05, 4.69) is 0 Å². The minimum absolute atomic E-state index is 0.00411. The van der Waals surface area contributed by atoms with Crippen LogP contribution >= 0.6 is 23.2 Å². The number of rotatable bonds is 5. The molecule has 32 heavy (non-hydrogen) atoms. The quantitative estimate of drug-likeness (QED) is 0.445. The number of aromatic hydroxyl groups is 1. The van der Waals surface area contributed by atoms with Crippen LogP contribution in [0.4, 0.5) is 8.78 Å². The van der Waals surface area contributed by atoms with Gasteiger partial charge in [0, 0.05) is 28.3 Å². The maximum atomic E-state index is 15.2. The summed E-state index contributed by atoms with van der Waals surface area (Å²) in [6, 6.07) is 4.94. The van der Waals surface area contributed by atoms with Crippen LogP contribution < -0.4 is 0 Å². The van der Waals surface area contributed by atoms with Gasteiger partial charge in [-0.15, -0.1) is 0 Å². The largest absolute Gasteiger partial charge is 0.503 e. The third kappa shape index (κ3) is 3.44. The van der Waals surface area contributed by atoms with Crippen LogP contribution in [0.1, 0.15) is 48.8 Å². The topological polar surface area (TPSA) is 79.5 Å². The van der Waals surface area contributed by atoms with Gasteiger partial charge in [0.15, 0.2) is 17.4 Å². The van der Waals surface area contributed by atoms with Crippen molar-refractivity contribution < 1.29 is 28.6 Å². The molecule has 5 nitrogen and oxygen atoms in total. The van der Waals surface area contributed by atoms with E-state index >= 15 is 4.39 Å². The number of hydrogen-bond donors (Lipinski definition) is 2. The van der Waals surface area contributed by atoms with Crippen LogP contribution in [-0.2, 0) is 10.2 Å². The highest BCUT2D eigenvalue weighted by Gasteiger charge is 2.45. The molecule has 0 aliphatic carbocycles. The molecule has 1 unspecified atom stereocenters. The lowest BCUT2D eigenvalue weighted by molar-refractivity contribution is -0.145. The van der Waals surface area contributed by atoms with Crippen molar-refractivity contribution in [2.45, 2.75) is 39.5 Å². The maximum Gasteiger partial charge on any atom is 0.314 e. The summed E-state index contributed by atoms with van der Waals surface area (Å²) in [5.41, 5.74) is -1.64. The number of phenolic OH excluding ortho intramolecular Hbond substituents is 1. The van der Waals surface area contributed by atoms with Crippen molar-refractivity contribution in [3.8, 4) is 5.75 Å². The van der Waals surface area contributed by atoms with Gasteiger partial charge in [-0.1, -0.05) is 43.5 Å².